The lowest BCUT2D eigenvalue weighted by molar-refractivity contribution is -0.149. The van der Waals surface area contributed by atoms with E-state index < -0.39 is 15.4 Å². The monoisotopic (exact) mass is 379 g/mol. The van der Waals surface area contributed by atoms with E-state index in [2.05, 4.69) is 0 Å². The van der Waals surface area contributed by atoms with Crippen molar-refractivity contribution in [2.24, 2.45) is 11.3 Å². The number of ether oxygens (including phenoxy) is 1. The third-order valence-electron chi connectivity index (χ3n) is 4.57. The molecule has 0 bridgehead atoms. The molecule has 0 amide bonds. The van der Waals surface area contributed by atoms with Crippen LogP contribution in [0.2, 0.25) is 0 Å². The van der Waals surface area contributed by atoms with Crippen LogP contribution in [-0.2, 0) is 19.6 Å². The Kier molecular flexibility index (Phi) is 5.69. The second-order valence-electron chi connectivity index (χ2n) is 8.25. The van der Waals surface area contributed by atoms with Crippen LogP contribution in [0, 0.1) is 18.3 Å². The van der Waals surface area contributed by atoms with E-state index in [-0.39, 0.29) is 22.8 Å². The molecule has 5 nitrogen and oxygen atoms in total. The van der Waals surface area contributed by atoms with Gasteiger partial charge in [0.05, 0.1) is 10.3 Å². The van der Waals surface area contributed by atoms with E-state index >= 15 is 0 Å². The standard InChI is InChI=1S/C20H29NO4S/c1-13(2)18(25-19(22)20(4,5)6)16-12-17(16)21(7)26(23,24)15-10-8-14(3)9-11-15/h8-11,16-17H,12H2,1-7H3/t16-,17+/m0/s1. The average molecular weight is 380 g/mol. The Morgan fingerprint density at radius 2 is 1.69 bits per heavy atom. The number of allylic oxidation sites excluding steroid dienone is 1. The van der Waals surface area contributed by atoms with Crippen LogP contribution in [0.5, 0.6) is 0 Å². The summed E-state index contributed by atoms with van der Waals surface area (Å²) < 4.78 is 32.7. The fraction of sp³-hybridized carbons (Fsp3) is 0.550. The molecular weight excluding hydrogens is 350 g/mol. The Morgan fingerprint density at radius 3 is 2.15 bits per heavy atom. The van der Waals surface area contributed by atoms with Crippen LogP contribution >= 0.6 is 0 Å². The van der Waals surface area contributed by atoms with Gasteiger partial charge in [-0.1, -0.05) is 17.7 Å². The largest absolute Gasteiger partial charge is 0.430 e. The number of benzene rings is 1. The zero-order valence-electron chi connectivity index (χ0n) is 16.7. The maximum atomic E-state index is 12.8. The second kappa shape index (κ2) is 7.16. The Balaban J connectivity index is 2.18. The molecule has 1 fully saturated rings. The first-order valence-electron chi connectivity index (χ1n) is 8.80. The quantitative estimate of drug-likeness (QED) is 0.575. The van der Waals surface area contributed by atoms with Gasteiger partial charge in [-0.05, 0) is 65.7 Å². The summed E-state index contributed by atoms with van der Waals surface area (Å²) in [6.07, 6.45) is 0.652. The number of hydrogen-bond acceptors (Lipinski definition) is 4. The third-order valence-corrected chi connectivity index (χ3v) is 6.46. The van der Waals surface area contributed by atoms with Gasteiger partial charge in [0.1, 0.15) is 5.76 Å². The molecule has 26 heavy (non-hydrogen) atoms. The first kappa shape index (κ1) is 20.6. The highest BCUT2D eigenvalue weighted by Gasteiger charge is 2.49. The minimum absolute atomic E-state index is 0.0866. The van der Waals surface area contributed by atoms with Crippen molar-refractivity contribution in [2.45, 2.75) is 58.9 Å². The minimum Gasteiger partial charge on any atom is -0.430 e. The zero-order chi connectivity index (χ0) is 19.9. The summed E-state index contributed by atoms with van der Waals surface area (Å²) in [7, 11) is -1.98. The van der Waals surface area contributed by atoms with E-state index in [4.69, 9.17) is 4.74 Å². The fourth-order valence-electron chi connectivity index (χ4n) is 2.72. The highest BCUT2D eigenvalue weighted by molar-refractivity contribution is 7.89. The van der Waals surface area contributed by atoms with Gasteiger partial charge < -0.3 is 4.74 Å². The molecule has 0 N–H and O–H groups in total. The average Bonchev–Trinajstić information content (AvgIpc) is 3.30. The molecule has 0 heterocycles. The van der Waals surface area contributed by atoms with Gasteiger partial charge in [0.25, 0.3) is 0 Å². The van der Waals surface area contributed by atoms with Crippen LogP contribution in [0.4, 0.5) is 0 Å². The molecule has 1 aromatic carbocycles. The van der Waals surface area contributed by atoms with E-state index in [1.54, 1.807) is 52.1 Å². The number of aryl methyl sites for hydroxylation is 1. The van der Waals surface area contributed by atoms with Gasteiger partial charge in [-0.2, -0.15) is 4.31 Å². The molecule has 0 aromatic heterocycles. The molecule has 1 aliphatic rings. The van der Waals surface area contributed by atoms with Gasteiger partial charge in [-0.15, -0.1) is 0 Å². The molecule has 1 aromatic rings. The number of carbonyl (C=O) groups excluding carboxylic acids is 1. The Labute approximate surface area is 157 Å². The Hall–Kier alpha value is -1.66. The molecule has 2 atom stereocenters. The number of nitrogens with zero attached hydrogens (tertiary/aromatic N) is 1. The van der Waals surface area contributed by atoms with E-state index in [1.165, 1.54) is 4.31 Å². The van der Waals surface area contributed by atoms with E-state index in [0.29, 0.717) is 12.2 Å². The van der Waals surface area contributed by atoms with E-state index in [9.17, 15) is 13.2 Å². The van der Waals surface area contributed by atoms with Crippen molar-refractivity contribution in [2.75, 3.05) is 7.05 Å². The zero-order valence-corrected chi connectivity index (χ0v) is 17.5. The molecule has 0 unspecified atom stereocenters. The molecule has 0 aliphatic heterocycles. The van der Waals surface area contributed by atoms with Gasteiger partial charge >= 0.3 is 5.97 Å². The first-order chi connectivity index (χ1) is 11.9. The van der Waals surface area contributed by atoms with Crippen LogP contribution < -0.4 is 0 Å². The van der Waals surface area contributed by atoms with Crippen LogP contribution in [0.25, 0.3) is 0 Å². The molecule has 144 valence electrons. The number of hydrogen-bond donors (Lipinski definition) is 0. The SMILES string of the molecule is CC(C)=C(OC(=O)C(C)(C)C)[C@H]1C[C@H]1N(C)S(=O)(=O)c1ccc(C)cc1. The van der Waals surface area contributed by atoms with Crippen LogP contribution in [0.15, 0.2) is 40.5 Å². The van der Waals surface area contributed by atoms with Crippen molar-refractivity contribution in [3.8, 4) is 0 Å². The van der Waals surface area contributed by atoms with Gasteiger partial charge in [-0.25, -0.2) is 8.42 Å². The topological polar surface area (TPSA) is 63.7 Å². The summed E-state index contributed by atoms with van der Waals surface area (Å²) in [6.45, 7) is 11.1. The predicted octanol–water partition coefficient (Wildman–Crippen LogP) is 3.89. The maximum Gasteiger partial charge on any atom is 0.316 e. The molecule has 1 saturated carbocycles. The predicted molar refractivity (Wildman–Crippen MR) is 102 cm³/mol. The lowest BCUT2D eigenvalue weighted by Gasteiger charge is -2.21. The highest BCUT2D eigenvalue weighted by atomic mass is 32.2. The lowest BCUT2D eigenvalue weighted by atomic mass is 9.97. The van der Waals surface area contributed by atoms with Crippen molar-refractivity contribution in [3.63, 3.8) is 0 Å². The molecule has 0 radical (unpaired) electrons. The lowest BCUT2D eigenvalue weighted by Crippen LogP contribution is -2.31. The second-order valence-corrected chi connectivity index (χ2v) is 10.2. The molecule has 0 saturated heterocycles. The summed E-state index contributed by atoms with van der Waals surface area (Å²) in [4.78, 5) is 12.5. The van der Waals surface area contributed by atoms with Crippen molar-refractivity contribution < 1.29 is 17.9 Å². The number of carbonyl (C=O) groups is 1. The smallest absolute Gasteiger partial charge is 0.316 e. The van der Waals surface area contributed by atoms with Crippen molar-refractivity contribution in [1.29, 1.82) is 0 Å². The Morgan fingerprint density at radius 1 is 1.15 bits per heavy atom. The van der Waals surface area contributed by atoms with Crippen molar-refractivity contribution >= 4 is 16.0 Å². The van der Waals surface area contributed by atoms with Crippen LogP contribution in [-0.4, -0.2) is 31.8 Å². The summed E-state index contributed by atoms with van der Waals surface area (Å²) in [5, 5.41) is 0. The maximum absolute atomic E-state index is 12.8. The molecule has 2 rings (SSSR count). The van der Waals surface area contributed by atoms with E-state index in [1.807, 2.05) is 20.8 Å². The Bertz CT molecular complexity index is 812. The van der Waals surface area contributed by atoms with Gasteiger partial charge in [0.15, 0.2) is 0 Å². The highest BCUT2D eigenvalue weighted by Crippen LogP contribution is 2.45. The van der Waals surface area contributed by atoms with Crippen LogP contribution in [0.1, 0.15) is 46.6 Å². The number of esters is 1. The van der Waals surface area contributed by atoms with Gasteiger partial charge in [0, 0.05) is 19.0 Å². The number of rotatable bonds is 5. The number of sulfonamides is 1. The van der Waals surface area contributed by atoms with E-state index in [0.717, 1.165) is 11.1 Å². The van der Waals surface area contributed by atoms with Gasteiger partial charge in [-0.3, -0.25) is 4.79 Å². The summed E-state index contributed by atoms with van der Waals surface area (Å²) in [5.74, 6) is 0.209. The van der Waals surface area contributed by atoms with Crippen molar-refractivity contribution in [1.82, 2.24) is 4.31 Å². The minimum atomic E-state index is -3.57. The normalized spacial score (nSPS) is 20.0. The molecule has 1 aliphatic carbocycles. The van der Waals surface area contributed by atoms with Gasteiger partial charge in [0.2, 0.25) is 10.0 Å². The summed E-state index contributed by atoms with van der Waals surface area (Å²) in [6, 6.07) is 6.63. The van der Waals surface area contributed by atoms with Crippen molar-refractivity contribution in [3.05, 3.63) is 41.2 Å². The summed E-state index contributed by atoms with van der Waals surface area (Å²) >= 11 is 0. The molecule has 6 heteroatoms. The van der Waals surface area contributed by atoms with Crippen LogP contribution in [0.3, 0.4) is 0 Å². The molecule has 0 spiro atoms. The third kappa shape index (κ3) is 4.35. The summed E-state index contributed by atoms with van der Waals surface area (Å²) in [5.41, 5.74) is 1.30. The molecular formula is C20H29NO4S. The first-order valence-corrected chi connectivity index (χ1v) is 10.2. The fourth-order valence-corrected chi connectivity index (χ4v) is 4.12.